The topological polar surface area (TPSA) is 77.5 Å². The minimum absolute atomic E-state index is 0.152. The Morgan fingerprint density at radius 2 is 1.56 bits per heavy atom. The Bertz CT molecular complexity index is 852. The fraction of sp³-hybridized carbons (Fsp3) is 0.316. The molecule has 3 rings (SSSR count). The Labute approximate surface area is 148 Å². The minimum atomic E-state index is -3.62. The van der Waals surface area contributed by atoms with Crippen molar-refractivity contribution in [3.8, 4) is 0 Å². The molecule has 0 unspecified atom stereocenters. The van der Waals surface area contributed by atoms with E-state index in [9.17, 15) is 18.3 Å². The summed E-state index contributed by atoms with van der Waals surface area (Å²) in [7, 11) is -3.62. The quantitative estimate of drug-likeness (QED) is 0.829. The molecule has 132 valence electrons. The van der Waals surface area contributed by atoms with E-state index < -0.39 is 21.4 Å². The van der Waals surface area contributed by atoms with E-state index in [4.69, 9.17) is 0 Å². The molecule has 1 aliphatic heterocycles. The van der Waals surface area contributed by atoms with Gasteiger partial charge in [0.25, 0.3) is 0 Å². The number of aliphatic carboxylic acids is 1. The van der Waals surface area contributed by atoms with Gasteiger partial charge in [0.1, 0.15) is 0 Å². The van der Waals surface area contributed by atoms with Crippen LogP contribution in [0.25, 0.3) is 0 Å². The fourth-order valence-electron chi connectivity index (χ4n) is 3.34. The third-order valence-electron chi connectivity index (χ3n) is 4.95. The molecule has 0 aliphatic carbocycles. The summed E-state index contributed by atoms with van der Waals surface area (Å²) in [6.07, 6.45) is 0.398. The van der Waals surface area contributed by atoms with Crippen LogP contribution >= 0.6 is 0 Å². The number of carboxylic acid groups (broad SMARTS) is 1. The van der Waals surface area contributed by atoms with Crippen molar-refractivity contribution in [2.75, 3.05) is 13.1 Å². The zero-order valence-corrected chi connectivity index (χ0v) is 14.8. The second kappa shape index (κ2) is 6.61. The van der Waals surface area contributed by atoms with Gasteiger partial charge in [0.05, 0.1) is 10.9 Å². The highest BCUT2D eigenvalue weighted by atomic mass is 32.2. The van der Waals surface area contributed by atoms with Crippen molar-refractivity contribution in [2.24, 2.45) is 0 Å². The molecule has 0 bridgehead atoms. The summed E-state index contributed by atoms with van der Waals surface area (Å²) in [5.74, 6) is -1.15. The monoisotopic (exact) mass is 358 g/mol. The average Bonchev–Trinajstić information content (AvgIpc) is 2.62. The number of carbonyl (C=O) groups is 1. The maximum Gasteiger partial charge on any atom is 0.243 e. The summed E-state index contributed by atoms with van der Waals surface area (Å²) < 4.78 is 26.9. The van der Waals surface area contributed by atoms with Crippen LogP contribution in [0, 0.1) is 6.92 Å². The predicted molar refractivity (Wildman–Crippen MR) is 92.3 cm³/mol. The molecule has 1 saturated heterocycles. The van der Waals surface area contributed by atoms with Gasteiger partial charge in [0, 0.05) is 18.5 Å². The lowest BCUT2D eigenvalue weighted by atomic mass is 9.73. The number of hydrogen-bond acceptors (Lipinski definition) is 4. The molecule has 2 aromatic rings. The van der Waals surface area contributed by atoms with E-state index in [2.05, 4.69) is 0 Å². The van der Waals surface area contributed by atoms with Gasteiger partial charge in [-0.1, -0.05) is 48.0 Å². The SMILES string of the molecule is Cc1ccc(S(=O)(=O)N2CCC(C(=O)[O-])(c3ccccc3)CC2)cc1. The lowest BCUT2D eigenvalue weighted by Crippen LogP contribution is -2.53. The number of hydrogen-bond donors (Lipinski definition) is 0. The zero-order valence-electron chi connectivity index (χ0n) is 14.0. The number of aryl methyl sites for hydroxylation is 1. The first-order chi connectivity index (χ1) is 11.9. The highest BCUT2D eigenvalue weighted by Crippen LogP contribution is 2.36. The van der Waals surface area contributed by atoms with Crippen LogP contribution in [-0.4, -0.2) is 31.8 Å². The van der Waals surface area contributed by atoms with Crippen molar-refractivity contribution in [1.29, 1.82) is 0 Å². The van der Waals surface area contributed by atoms with Crippen molar-refractivity contribution >= 4 is 16.0 Å². The van der Waals surface area contributed by atoms with Crippen LogP contribution in [0.15, 0.2) is 59.5 Å². The van der Waals surface area contributed by atoms with E-state index in [0.717, 1.165) is 5.56 Å². The first-order valence-corrected chi connectivity index (χ1v) is 9.64. The minimum Gasteiger partial charge on any atom is -0.549 e. The van der Waals surface area contributed by atoms with E-state index in [1.54, 1.807) is 48.5 Å². The first-order valence-electron chi connectivity index (χ1n) is 8.20. The molecular formula is C19H20NO4S-. The molecule has 1 heterocycles. The largest absolute Gasteiger partial charge is 0.549 e. The van der Waals surface area contributed by atoms with Crippen molar-refractivity contribution in [3.63, 3.8) is 0 Å². The van der Waals surface area contributed by atoms with Gasteiger partial charge in [0.15, 0.2) is 0 Å². The number of sulfonamides is 1. The van der Waals surface area contributed by atoms with Gasteiger partial charge in [0.2, 0.25) is 10.0 Å². The molecule has 0 aromatic heterocycles. The third kappa shape index (κ3) is 3.19. The molecule has 2 aromatic carbocycles. The van der Waals surface area contributed by atoms with Gasteiger partial charge >= 0.3 is 0 Å². The normalized spacial score (nSPS) is 18.0. The van der Waals surface area contributed by atoms with Gasteiger partial charge < -0.3 is 9.90 Å². The Hall–Kier alpha value is -2.18. The number of carbonyl (C=O) groups excluding carboxylic acids is 1. The van der Waals surface area contributed by atoms with Crippen LogP contribution in [0.3, 0.4) is 0 Å². The Morgan fingerprint density at radius 3 is 2.08 bits per heavy atom. The molecule has 1 aliphatic rings. The molecule has 0 spiro atoms. The first kappa shape index (κ1) is 17.6. The molecular weight excluding hydrogens is 338 g/mol. The van der Waals surface area contributed by atoms with E-state index in [-0.39, 0.29) is 30.8 Å². The van der Waals surface area contributed by atoms with E-state index in [1.807, 2.05) is 13.0 Å². The second-order valence-corrected chi connectivity index (χ2v) is 8.39. The van der Waals surface area contributed by atoms with Crippen LogP contribution in [0.5, 0.6) is 0 Å². The van der Waals surface area contributed by atoms with Gasteiger partial charge in [-0.2, -0.15) is 4.31 Å². The van der Waals surface area contributed by atoms with Gasteiger partial charge in [-0.3, -0.25) is 0 Å². The summed E-state index contributed by atoms with van der Waals surface area (Å²) in [5, 5.41) is 11.9. The summed E-state index contributed by atoms with van der Waals surface area (Å²) >= 11 is 0. The molecule has 25 heavy (non-hydrogen) atoms. The summed E-state index contributed by atoms with van der Waals surface area (Å²) in [4.78, 5) is 12.1. The van der Waals surface area contributed by atoms with E-state index in [0.29, 0.717) is 5.56 Å². The van der Waals surface area contributed by atoms with Crippen molar-refractivity contribution in [1.82, 2.24) is 4.31 Å². The smallest absolute Gasteiger partial charge is 0.243 e. The Kier molecular flexibility index (Phi) is 4.67. The van der Waals surface area contributed by atoms with Gasteiger partial charge in [-0.25, -0.2) is 8.42 Å². The van der Waals surface area contributed by atoms with Crippen LogP contribution < -0.4 is 5.11 Å². The number of rotatable bonds is 4. The average molecular weight is 358 g/mol. The van der Waals surface area contributed by atoms with Gasteiger partial charge in [-0.05, 0) is 37.5 Å². The lowest BCUT2D eigenvalue weighted by Gasteiger charge is -2.42. The molecule has 5 nitrogen and oxygen atoms in total. The molecule has 0 saturated carbocycles. The number of piperidine rings is 1. The zero-order chi connectivity index (χ0) is 18.1. The number of benzene rings is 2. The second-order valence-electron chi connectivity index (χ2n) is 6.45. The Morgan fingerprint density at radius 1 is 1.00 bits per heavy atom. The van der Waals surface area contributed by atoms with Crippen LogP contribution in [0.4, 0.5) is 0 Å². The summed E-state index contributed by atoms with van der Waals surface area (Å²) in [5.41, 5.74) is 0.514. The van der Waals surface area contributed by atoms with Crippen molar-refractivity contribution in [3.05, 3.63) is 65.7 Å². The molecule has 0 amide bonds. The lowest BCUT2D eigenvalue weighted by molar-refractivity contribution is -0.315. The molecule has 0 N–H and O–H groups in total. The summed E-state index contributed by atoms with van der Waals surface area (Å²) in [6, 6.07) is 15.6. The van der Waals surface area contributed by atoms with E-state index in [1.165, 1.54) is 4.31 Å². The highest BCUT2D eigenvalue weighted by Gasteiger charge is 2.40. The molecule has 0 atom stereocenters. The Balaban J connectivity index is 1.85. The fourth-order valence-corrected chi connectivity index (χ4v) is 4.78. The van der Waals surface area contributed by atoms with Crippen molar-refractivity contribution in [2.45, 2.75) is 30.1 Å². The van der Waals surface area contributed by atoms with Crippen LogP contribution in [0.1, 0.15) is 24.0 Å². The standard InChI is InChI=1S/C19H21NO4S/c1-15-7-9-17(10-8-15)25(23,24)20-13-11-19(12-14-20,18(21)22)16-5-3-2-4-6-16/h2-10H,11-14H2,1H3,(H,21,22)/p-1. The highest BCUT2D eigenvalue weighted by molar-refractivity contribution is 7.89. The van der Waals surface area contributed by atoms with Gasteiger partial charge in [-0.15, -0.1) is 0 Å². The molecule has 0 radical (unpaired) electrons. The van der Waals surface area contributed by atoms with Crippen LogP contribution in [0.2, 0.25) is 0 Å². The molecule has 1 fully saturated rings. The van der Waals surface area contributed by atoms with Crippen molar-refractivity contribution < 1.29 is 18.3 Å². The molecule has 6 heteroatoms. The maximum atomic E-state index is 12.8. The third-order valence-corrected chi connectivity index (χ3v) is 6.86. The number of nitrogens with zero attached hydrogens (tertiary/aromatic N) is 1. The number of carboxylic acids is 1. The van der Waals surface area contributed by atoms with Crippen LogP contribution in [-0.2, 0) is 20.2 Å². The maximum absolute atomic E-state index is 12.8. The summed E-state index contributed by atoms with van der Waals surface area (Å²) in [6.45, 7) is 2.20. The predicted octanol–water partition coefficient (Wildman–Crippen LogP) is 1.47. The van der Waals surface area contributed by atoms with E-state index >= 15 is 0 Å².